The molecular weight excluding hydrogens is 768 g/mol. The molecule has 0 spiro atoms. The van der Waals surface area contributed by atoms with Crippen molar-refractivity contribution in [3.63, 3.8) is 0 Å². The molecule has 5 heterocycles. The summed E-state index contributed by atoms with van der Waals surface area (Å²) in [4.78, 5) is 36.3. The predicted octanol–water partition coefficient (Wildman–Crippen LogP) is 11.5. The number of carbonyl (C=O) groups is 1. The molecule has 0 atom stereocenters. The van der Waals surface area contributed by atoms with Crippen LogP contribution in [-0.4, -0.2) is 21.0 Å². The molecular formula is C50H31N5O2Zn. The van der Waals surface area contributed by atoms with E-state index in [9.17, 15) is 9.90 Å². The Labute approximate surface area is 347 Å². The molecule has 0 unspecified atom stereocenters. The van der Waals surface area contributed by atoms with Gasteiger partial charge in [0.05, 0.1) is 29.3 Å². The first-order valence-corrected chi connectivity index (χ1v) is 18.4. The first-order valence-electron chi connectivity index (χ1n) is 18.4. The number of carboxylic acid groups (broad SMARTS) is 1. The van der Waals surface area contributed by atoms with Crippen molar-refractivity contribution in [3.8, 4) is 44.5 Å². The summed E-state index contributed by atoms with van der Waals surface area (Å²) in [5.74, 6) is -1.29. The first-order chi connectivity index (χ1) is 28.1. The molecule has 7 nitrogen and oxygen atoms in total. The van der Waals surface area contributed by atoms with Crippen molar-refractivity contribution < 1.29 is 29.4 Å². The fraction of sp³-hybridized carbons (Fsp3) is 0. The van der Waals surface area contributed by atoms with Crippen LogP contribution in [0.15, 0.2) is 157 Å². The van der Waals surface area contributed by atoms with Gasteiger partial charge >= 0.3 is 25.4 Å². The predicted molar refractivity (Wildman–Crippen MR) is 230 cm³/mol. The fourth-order valence-electron chi connectivity index (χ4n) is 7.32. The van der Waals surface area contributed by atoms with E-state index in [0.29, 0.717) is 16.7 Å². The van der Waals surface area contributed by atoms with Gasteiger partial charge < -0.3 is 15.1 Å². The van der Waals surface area contributed by atoms with E-state index in [0.717, 1.165) is 78.2 Å². The average Bonchev–Trinajstić information content (AvgIpc) is 4.09. The van der Waals surface area contributed by atoms with Gasteiger partial charge in [0.25, 0.3) is 5.70 Å². The number of aromatic nitrogens is 4. The van der Waals surface area contributed by atoms with E-state index < -0.39 is 11.7 Å². The van der Waals surface area contributed by atoms with E-state index in [1.54, 1.807) is 12.2 Å². The summed E-state index contributed by atoms with van der Waals surface area (Å²) in [5.41, 5.74) is 13.4. The van der Waals surface area contributed by atoms with E-state index in [-0.39, 0.29) is 19.5 Å². The number of fused-ring (bicyclic) bond motifs is 8. The maximum Gasteiger partial charge on any atom is 2.00 e. The van der Waals surface area contributed by atoms with Crippen molar-refractivity contribution in [1.82, 2.24) is 19.9 Å². The Morgan fingerprint density at radius 3 is 1.36 bits per heavy atom. The molecule has 1 N–H and O–H groups in total. The Morgan fingerprint density at radius 2 is 0.948 bits per heavy atom. The molecule has 0 amide bonds. The van der Waals surface area contributed by atoms with Crippen LogP contribution in [0.25, 0.3) is 102 Å². The van der Waals surface area contributed by atoms with Crippen molar-refractivity contribution in [2.75, 3.05) is 0 Å². The summed E-state index contributed by atoms with van der Waals surface area (Å²) in [5, 5.41) is 9.58. The Bertz CT molecular complexity index is 3030. The number of hydrogen-bond donors (Lipinski definition) is 1. The van der Waals surface area contributed by atoms with E-state index in [1.807, 2.05) is 127 Å². The second-order valence-electron chi connectivity index (χ2n) is 13.4. The summed E-state index contributed by atoms with van der Waals surface area (Å²) in [6.07, 6.45) is 12.8. The number of aliphatic carboxylic acids is 1. The summed E-state index contributed by atoms with van der Waals surface area (Å²) in [7, 11) is 0. The smallest absolute Gasteiger partial charge is 0.657 e. The molecule has 0 fully saturated rings. The second-order valence-corrected chi connectivity index (χ2v) is 13.4. The molecule has 2 aliphatic rings. The largest absolute Gasteiger partial charge is 2.00 e. The zero-order chi connectivity index (χ0) is 38.7. The van der Waals surface area contributed by atoms with Crippen LogP contribution in [0.4, 0.5) is 0 Å². The molecule has 2 aliphatic heterocycles. The number of hydrogen-bond acceptors (Lipinski definition) is 3. The molecule has 4 aromatic carbocycles. The first kappa shape index (κ1) is 37.5. The van der Waals surface area contributed by atoms with Gasteiger partial charge in [0.1, 0.15) is 0 Å². The Balaban J connectivity index is 0.00000469. The van der Waals surface area contributed by atoms with Crippen LogP contribution in [0.3, 0.4) is 0 Å². The number of rotatable bonds is 7. The Hall–Kier alpha value is -7.46. The van der Waals surface area contributed by atoms with Crippen LogP contribution in [-0.2, 0) is 24.3 Å². The van der Waals surface area contributed by atoms with Crippen molar-refractivity contribution >= 4 is 58.4 Å². The minimum Gasteiger partial charge on any atom is -0.657 e. The molecule has 3 aromatic heterocycles. The van der Waals surface area contributed by atoms with Gasteiger partial charge in [-0.1, -0.05) is 152 Å². The molecule has 7 aromatic rings. The third-order valence-electron chi connectivity index (χ3n) is 9.87. The van der Waals surface area contributed by atoms with E-state index in [1.165, 1.54) is 6.08 Å². The van der Waals surface area contributed by atoms with Crippen molar-refractivity contribution in [2.45, 2.75) is 0 Å². The molecule has 58 heavy (non-hydrogen) atoms. The van der Waals surface area contributed by atoms with Crippen LogP contribution in [0.5, 0.6) is 0 Å². The number of allylic oxidation sites excluding steroid dienone is 2. The topological polar surface area (TPSA) is 95.6 Å². The molecule has 8 bridgehead atoms. The Kier molecular flexibility index (Phi) is 10.6. The monoisotopic (exact) mass is 797 g/mol. The molecule has 9 rings (SSSR count). The minimum absolute atomic E-state index is 0. The van der Waals surface area contributed by atoms with Gasteiger partial charge in [0, 0.05) is 0 Å². The number of nitrogens with zero attached hydrogens (tertiary/aromatic N) is 5. The van der Waals surface area contributed by atoms with Crippen molar-refractivity contribution in [3.05, 3.63) is 197 Å². The van der Waals surface area contributed by atoms with Crippen LogP contribution >= 0.6 is 0 Å². The van der Waals surface area contributed by atoms with E-state index >= 15 is 0 Å². The molecule has 0 aliphatic carbocycles. The van der Waals surface area contributed by atoms with Gasteiger partial charge in [-0.15, -0.1) is 22.1 Å². The second kappa shape index (κ2) is 16.3. The maximum absolute atomic E-state index is 11.7. The minimum atomic E-state index is -1.29. The van der Waals surface area contributed by atoms with Crippen molar-refractivity contribution in [1.29, 1.82) is 0 Å². The summed E-state index contributed by atoms with van der Waals surface area (Å²) < 4.78 is 0. The molecule has 8 heteroatoms. The Morgan fingerprint density at radius 1 is 0.552 bits per heavy atom. The summed E-state index contributed by atoms with van der Waals surface area (Å²) >= 11 is 0. The van der Waals surface area contributed by atoms with Gasteiger partial charge in [0.15, 0.2) is 0 Å². The molecule has 0 saturated heterocycles. The van der Waals surface area contributed by atoms with E-state index in [4.69, 9.17) is 26.5 Å². The SMILES string of the molecule is [C-]#[N+]/C(=C\C=C\c1cc2[n-]c1c(-c1ccccc1)c1nc(c(-c3ccccc3)c3ccc([n-]3)c(-c3ccccc3)c3nc(c2-c2ccccc2)C=C3)C=C1)C(=O)O.[Zn+2]. The molecule has 270 valence electrons. The number of carboxylic acids is 1. The third kappa shape index (κ3) is 7.19. The van der Waals surface area contributed by atoms with Gasteiger partial charge in [-0.25, -0.2) is 14.8 Å². The normalized spacial score (nSPS) is 12.0. The fourth-order valence-corrected chi connectivity index (χ4v) is 7.32. The maximum atomic E-state index is 11.7. The van der Waals surface area contributed by atoms with Gasteiger partial charge in [-0.3, -0.25) is 4.79 Å². The molecule has 0 radical (unpaired) electrons. The average molecular weight is 799 g/mol. The van der Waals surface area contributed by atoms with Gasteiger partial charge in [0.2, 0.25) is 0 Å². The van der Waals surface area contributed by atoms with Crippen LogP contribution in [0.2, 0.25) is 0 Å². The quantitative estimate of drug-likeness (QED) is 0.0746. The van der Waals surface area contributed by atoms with Gasteiger partial charge in [-0.2, -0.15) is 0 Å². The van der Waals surface area contributed by atoms with Crippen LogP contribution in [0.1, 0.15) is 28.3 Å². The summed E-state index contributed by atoms with van der Waals surface area (Å²) in [6, 6.07) is 46.5. The van der Waals surface area contributed by atoms with Gasteiger partial charge in [-0.05, 0) is 80.5 Å². The number of benzene rings is 4. The standard InChI is InChI=1S/C50H32N5O2.Zn/c1-51-43(50(56)57)24-14-23-36-31-44-47(34-19-10-4-11-20-34)41-28-27-39(53-41)45(32-15-6-2-7-16-32)37-25-26-38(52-37)46(33-17-8-3-9-18-33)40-29-30-42(54-40)48(49(36)55-44)35-21-12-5-13-22-35;/h2-31H,(H2-,52,53,54,55,56,57);/q-1;+2/p-1/b23-14+,43-24-,45-37?,45-39?,46-38?,46-40?,47-41?,47-44?,48-42?,49-48?;. The molecule has 0 saturated carbocycles. The zero-order valence-electron chi connectivity index (χ0n) is 31.1. The van der Waals surface area contributed by atoms with E-state index in [2.05, 4.69) is 41.2 Å². The summed E-state index contributed by atoms with van der Waals surface area (Å²) in [6.45, 7) is 7.39. The van der Waals surface area contributed by atoms with Crippen LogP contribution in [0, 0.1) is 6.57 Å². The third-order valence-corrected chi connectivity index (χ3v) is 9.87. The van der Waals surface area contributed by atoms with Crippen molar-refractivity contribution in [2.24, 2.45) is 0 Å². The van der Waals surface area contributed by atoms with Crippen LogP contribution < -0.4 is 9.97 Å². The zero-order valence-corrected chi connectivity index (χ0v) is 34.1.